The van der Waals surface area contributed by atoms with Crippen molar-refractivity contribution in [3.8, 4) is 5.75 Å². The lowest BCUT2D eigenvalue weighted by Gasteiger charge is -2.07. The SMILES string of the molecule is COc1ccc(C[C@@H](N)C(N)=O)cc1.Cl. The van der Waals surface area contributed by atoms with Gasteiger partial charge >= 0.3 is 0 Å². The number of halogens is 1. The smallest absolute Gasteiger partial charge is 0.234 e. The van der Waals surface area contributed by atoms with Gasteiger partial charge in [-0.2, -0.15) is 0 Å². The quantitative estimate of drug-likeness (QED) is 0.790. The fraction of sp³-hybridized carbons (Fsp3) is 0.300. The average Bonchev–Trinajstić information content (AvgIpc) is 2.19. The molecule has 0 radical (unpaired) electrons. The van der Waals surface area contributed by atoms with Crippen molar-refractivity contribution in [1.29, 1.82) is 0 Å². The van der Waals surface area contributed by atoms with Crippen molar-refractivity contribution in [2.75, 3.05) is 7.11 Å². The van der Waals surface area contributed by atoms with E-state index < -0.39 is 11.9 Å². The van der Waals surface area contributed by atoms with Gasteiger partial charge in [-0.15, -0.1) is 12.4 Å². The van der Waals surface area contributed by atoms with Crippen LogP contribution in [-0.4, -0.2) is 19.1 Å². The summed E-state index contributed by atoms with van der Waals surface area (Å²) in [5.41, 5.74) is 11.5. The predicted molar refractivity (Wildman–Crippen MR) is 61.1 cm³/mol. The fourth-order valence-corrected chi connectivity index (χ4v) is 1.12. The molecular formula is C10H15ClN2O2. The van der Waals surface area contributed by atoms with E-state index in [0.29, 0.717) is 6.42 Å². The van der Waals surface area contributed by atoms with Crippen molar-refractivity contribution >= 4 is 18.3 Å². The van der Waals surface area contributed by atoms with Gasteiger partial charge in [0.15, 0.2) is 0 Å². The van der Waals surface area contributed by atoms with Crippen LogP contribution in [0, 0.1) is 0 Å². The van der Waals surface area contributed by atoms with Crippen LogP contribution < -0.4 is 16.2 Å². The zero-order valence-corrected chi connectivity index (χ0v) is 9.29. The number of ether oxygens (including phenoxy) is 1. The van der Waals surface area contributed by atoms with E-state index in [0.717, 1.165) is 11.3 Å². The van der Waals surface area contributed by atoms with Crippen LogP contribution in [0.3, 0.4) is 0 Å². The van der Waals surface area contributed by atoms with E-state index in [2.05, 4.69) is 0 Å². The lowest BCUT2D eigenvalue weighted by atomic mass is 10.1. The summed E-state index contributed by atoms with van der Waals surface area (Å²) in [4.78, 5) is 10.7. The third kappa shape index (κ3) is 4.18. The molecule has 0 saturated heterocycles. The first kappa shape index (κ1) is 13.7. The first-order valence-corrected chi connectivity index (χ1v) is 4.31. The maximum atomic E-state index is 10.7. The Labute approximate surface area is 95.0 Å². The molecule has 0 saturated carbocycles. The highest BCUT2D eigenvalue weighted by atomic mass is 35.5. The molecule has 0 heterocycles. The summed E-state index contributed by atoms with van der Waals surface area (Å²) in [6, 6.07) is 6.75. The minimum absolute atomic E-state index is 0. The highest BCUT2D eigenvalue weighted by Crippen LogP contribution is 2.12. The molecule has 0 aliphatic carbocycles. The van der Waals surface area contributed by atoms with Crippen LogP contribution in [0.15, 0.2) is 24.3 Å². The van der Waals surface area contributed by atoms with Gasteiger partial charge in [-0.05, 0) is 24.1 Å². The molecule has 0 bridgehead atoms. The van der Waals surface area contributed by atoms with Crippen LogP contribution >= 0.6 is 12.4 Å². The first-order chi connectivity index (χ1) is 6.63. The maximum absolute atomic E-state index is 10.7. The van der Waals surface area contributed by atoms with E-state index in [4.69, 9.17) is 16.2 Å². The van der Waals surface area contributed by atoms with Gasteiger partial charge in [-0.1, -0.05) is 12.1 Å². The summed E-state index contributed by atoms with van der Waals surface area (Å²) in [7, 11) is 1.60. The van der Waals surface area contributed by atoms with Gasteiger partial charge in [0.2, 0.25) is 5.91 Å². The molecule has 84 valence electrons. The number of carbonyl (C=O) groups excluding carboxylic acids is 1. The van der Waals surface area contributed by atoms with Crippen molar-refractivity contribution in [3.63, 3.8) is 0 Å². The Kier molecular flexibility index (Phi) is 5.74. The zero-order valence-electron chi connectivity index (χ0n) is 8.47. The predicted octanol–water partition coefficient (Wildman–Crippen LogP) is 0.472. The van der Waals surface area contributed by atoms with E-state index in [1.807, 2.05) is 24.3 Å². The van der Waals surface area contributed by atoms with Gasteiger partial charge in [0.1, 0.15) is 5.75 Å². The molecule has 0 spiro atoms. The largest absolute Gasteiger partial charge is 0.497 e. The van der Waals surface area contributed by atoms with Crippen LogP contribution in [0.4, 0.5) is 0 Å². The van der Waals surface area contributed by atoms with E-state index in [1.54, 1.807) is 7.11 Å². The van der Waals surface area contributed by atoms with Crippen LogP contribution in [0.25, 0.3) is 0 Å². The van der Waals surface area contributed by atoms with Crippen LogP contribution in [0.1, 0.15) is 5.56 Å². The third-order valence-corrected chi connectivity index (χ3v) is 1.98. The Morgan fingerprint density at radius 3 is 2.33 bits per heavy atom. The van der Waals surface area contributed by atoms with Crippen molar-refractivity contribution in [2.24, 2.45) is 11.5 Å². The second-order valence-electron chi connectivity index (χ2n) is 3.06. The summed E-state index contributed by atoms with van der Waals surface area (Å²) in [6.07, 6.45) is 0.458. The standard InChI is InChI=1S/C10H14N2O2.ClH/c1-14-8-4-2-7(3-5-8)6-9(11)10(12)13;/h2-5,9H,6,11H2,1H3,(H2,12,13);1H/t9-;/m1./s1. The Morgan fingerprint density at radius 2 is 1.93 bits per heavy atom. The third-order valence-electron chi connectivity index (χ3n) is 1.98. The van der Waals surface area contributed by atoms with E-state index >= 15 is 0 Å². The summed E-state index contributed by atoms with van der Waals surface area (Å²) in [5, 5.41) is 0. The van der Waals surface area contributed by atoms with Crippen molar-refractivity contribution in [2.45, 2.75) is 12.5 Å². The number of primary amides is 1. The Morgan fingerprint density at radius 1 is 1.40 bits per heavy atom. The monoisotopic (exact) mass is 230 g/mol. The molecule has 1 amide bonds. The molecule has 5 heteroatoms. The van der Waals surface area contributed by atoms with Crippen molar-refractivity contribution in [3.05, 3.63) is 29.8 Å². The van der Waals surface area contributed by atoms with Gasteiger partial charge in [0, 0.05) is 0 Å². The topological polar surface area (TPSA) is 78.3 Å². The molecule has 4 N–H and O–H groups in total. The summed E-state index contributed by atoms with van der Waals surface area (Å²) in [5.74, 6) is 0.294. The maximum Gasteiger partial charge on any atom is 0.234 e. The lowest BCUT2D eigenvalue weighted by Crippen LogP contribution is -2.38. The Hall–Kier alpha value is -1.26. The molecule has 0 fully saturated rings. The minimum atomic E-state index is -0.622. The number of benzene rings is 1. The van der Waals surface area contributed by atoms with Crippen LogP contribution in [-0.2, 0) is 11.2 Å². The Balaban J connectivity index is 0.00000196. The second kappa shape index (κ2) is 6.27. The van der Waals surface area contributed by atoms with Crippen molar-refractivity contribution < 1.29 is 9.53 Å². The minimum Gasteiger partial charge on any atom is -0.497 e. The summed E-state index contributed by atoms with van der Waals surface area (Å²) >= 11 is 0. The molecule has 0 aliphatic heterocycles. The van der Waals surface area contributed by atoms with E-state index in [-0.39, 0.29) is 12.4 Å². The summed E-state index contributed by atoms with van der Waals surface area (Å²) < 4.78 is 5.00. The molecule has 15 heavy (non-hydrogen) atoms. The highest BCUT2D eigenvalue weighted by molar-refractivity contribution is 5.85. The number of hydrogen-bond donors (Lipinski definition) is 2. The number of rotatable bonds is 4. The van der Waals surface area contributed by atoms with Crippen LogP contribution in [0.2, 0.25) is 0 Å². The second-order valence-corrected chi connectivity index (χ2v) is 3.06. The molecule has 1 aromatic rings. The van der Waals surface area contributed by atoms with Gasteiger partial charge in [0.05, 0.1) is 13.2 Å². The van der Waals surface area contributed by atoms with Crippen molar-refractivity contribution in [1.82, 2.24) is 0 Å². The van der Waals surface area contributed by atoms with Crippen LogP contribution in [0.5, 0.6) is 5.75 Å². The molecule has 1 atom stereocenters. The molecule has 4 nitrogen and oxygen atoms in total. The van der Waals surface area contributed by atoms with Gasteiger partial charge < -0.3 is 16.2 Å². The number of nitrogens with two attached hydrogens (primary N) is 2. The normalized spacial score (nSPS) is 11.3. The molecular weight excluding hydrogens is 216 g/mol. The highest BCUT2D eigenvalue weighted by Gasteiger charge is 2.09. The zero-order chi connectivity index (χ0) is 10.6. The fourth-order valence-electron chi connectivity index (χ4n) is 1.12. The molecule has 0 aromatic heterocycles. The lowest BCUT2D eigenvalue weighted by molar-refractivity contribution is -0.119. The van der Waals surface area contributed by atoms with Gasteiger partial charge in [-0.3, -0.25) is 4.79 Å². The number of carbonyl (C=O) groups is 1. The molecule has 1 aromatic carbocycles. The summed E-state index contributed by atoms with van der Waals surface area (Å²) in [6.45, 7) is 0. The number of amides is 1. The average molecular weight is 231 g/mol. The van der Waals surface area contributed by atoms with Gasteiger partial charge in [-0.25, -0.2) is 0 Å². The van der Waals surface area contributed by atoms with E-state index in [9.17, 15) is 4.79 Å². The molecule has 0 aliphatic rings. The number of methoxy groups -OCH3 is 1. The first-order valence-electron chi connectivity index (χ1n) is 4.31. The Bertz CT molecular complexity index is 314. The van der Waals surface area contributed by atoms with E-state index in [1.165, 1.54) is 0 Å². The molecule has 1 rings (SSSR count). The number of hydrogen-bond acceptors (Lipinski definition) is 3. The van der Waals surface area contributed by atoms with Gasteiger partial charge in [0.25, 0.3) is 0 Å². The molecule has 0 unspecified atom stereocenters.